The van der Waals surface area contributed by atoms with Crippen LogP contribution in [0.3, 0.4) is 0 Å². The lowest BCUT2D eigenvalue weighted by molar-refractivity contribution is 0.831. The lowest BCUT2D eigenvalue weighted by atomic mass is 10.2. The second kappa shape index (κ2) is 3.42. The van der Waals surface area contributed by atoms with E-state index in [1.807, 2.05) is 4.52 Å². The van der Waals surface area contributed by atoms with Gasteiger partial charge in [-0.15, -0.1) is 0 Å². The molecule has 0 spiro atoms. The van der Waals surface area contributed by atoms with Crippen molar-refractivity contribution in [2.45, 2.75) is 32.1 Å². The van der Waals surface area contributed by atoms with Crippen molar-refractivity contribution in [1.29, 1.82) is 0 Å². The number of fused-ring (bicyclic) bond motifs is 2. The third-order valence-corrected chi connectivity index (χ3v) is 3.83. The van der Waals surface area contributed by atoms with Crippen molar-refractivity contribution in [1.82, 2.24) is 19.6 Å². The molecule has 1 aliphatic carbocycles. The molecule has 17 heavy (non-hydrogen) atoms. The minimum atomic E-state index is 0.757. The van der Waals surface area contributed by atoms with E-state index in [0.29, 0.717) is 0 Å². The van der Waals surface area contributed by atoms with Gasteiger partial charge in [0.1, 0.15) is 12.1 Å². The number of aromatic nitrogens is 4. The van der Waals surface area contributed by atoms with Gasteiger partial charge in [-0.3, -0.25) is 0 Å². The van der Waals surface area contributed by atoms with Crippen molar-refractivity contribution < 1.29 is 0 Å². The molecule has 0 aromatic carbocycles. The van der Waals surface area contributed by atoms with E-state index in [9.17, 15) is 0 Å². The summed E-state index contributed by atoms with van der Waals surface area (Å²) in [6, 6.07) is 0. The summed E-state index contributed by atoms with van der Waals surface area (Å²) in [6.45, 7) is 2.29. The van der Waals surface area contributed by atoms with Crippen LogP contribution in [0.5, 0.6) is 0 Å². The first-order valence-electron chi connectivity index (χ1n) is 6.40. The van der Waals surface area contributed by atoms with Crippen LogP contribution in [0, 0.1) is 0 Å². The monoisotopic (exact) mass is 229 g/mol. The van der Waals surface area contributed by atoms with Crippen molar-refractivity contribution in [3.8, 4) is 0 Å². The summed E-state index contributed by atoms with van der Waals surface area (Å²) < 4.78 is 1.93. The molecule has 2 aliphatic rings. The largest absolute Gasteiger partial charge is 0.356 e. The maximum Gasteiger partial charge on any atom is 0.254 e. The molecule has 0 atom stereocenters. The average Bonchev–Trinajstić information content (AvgIpc) is 3.06. The van der Waals surface area contributed by atoms with Gasteiger partial charge in [0.25, 0.3) is 5.78 Å². The topological polar surface area (TPSA) is 46.3 Å². The van der Waals surface area contributed by atoms with E-state index in [-0.39, 0.29) is 0 Å². The molecule has 1 saturated heterocycles. The van der Waals surface area contributed by atoms with Crippen LogP contribution in [0.4, 0.5) is 5.82 Å². The minimum Gasteiger partial charge on any atom is -0.356 e. The summed E-state index contributed by atoms with van der Waals surface area (Å²) in [5.41, 5.74) is 2.65. The Hall–Kier alpha value is -1.65. The van der Waals surface area contributed by atoms with Gasteiger partial charge in [-0.25, -0.2) is 4.98 Å². The van der Waals surface area contributed by atoms with Crippen molar-refractivity contribution >= 4 is 11.6 Å². The molecule has 0 amide bonds. The van der Waals surface area contributed by atoms with Crippen LogP contribution in [0.2, 0.25) is 0 Å². The molecule has 5 heteroatoms. The first-order valence-corrected chi connectivity index (χ1v) is 6.40. The molecule has 0 saturated carbocycles. The van der Waals surface area contributed by atoms with Crippen LogP contribution in [0.1, 0.15) is 30.5 Å². The van der Waals surface area contributed by atoms with E-state index in [0.717, 1.165) is 31.7 Å². The van der Waals surface area contributed by atoms with Crippen LogP contribution in [-0.4, -0.2) is 32.7 Å². The SMILES string of the molecule is c1nc2nc3c(c(N4CCCC4)n2n1)CCC3. The van der Waals surface area contributed by atoms with Crippen molar-refractivity contribution in [2.24, 2.45) is 0 Å². The van der Waals surface area contributed by atoms with Gasteiger partial charge in [0.15, 0.2) is 0 Å². The predicted octanol–water partition coefficient (Wildman–Crippen LogP) is 1.21. The Bertz CT molecular complexity index is 568. The molecule has 0 unspecified atom stereocenters. The lowest BCUT2D eigenvalue weighted by Gasteiger charge is -2.21. The fourth-order valence-corrected chi connectivity index (χ4v) is 3.06. The van der Waals surface area contributed by atoms with Gasteiger partial charge >= 0.3 is 0 Å². The van der Waals surface area contributed by atoms with Gasteiger partial charge in [0.05, 0.1) is 5.69 Å². The molecule has 2 aromatic heterocycles. The van der Waals surface area contributed by atoms with E-state index < -0.39 is 0 Å². The van der Waals surface area contributed by atoms with Crippen molar-refractivity contribution in [3.63, 3.8) is 0 Å². The maximum atomic E-state index is 4.61. The van der Waals surface area contributed by atoms with Crippen LogP contribution in [0.15, 0.2) is 6.33 Å². The normalized spacial score (nSPS) is 19.2. The molecule has 1 fully saturated rings. The second-order valence-electron chi connectivity index (χ2n) is 4.88. The Labute approximate surface area is 99.5 Å². The Balaban J connectivity index is 2.00. The first-order chi connectivity index (χ1) is 8.43. The highest BCUT2D eigenvalue weighted by molar-refractivity contribution is 5.56. The van der Waals surface area contributed by atoms with Crippen LogP contribution >= 0.6 is 0 Å². The quantitative estimate of drug-likeness (QED) is 0.737. The predicted molar refractivity (Wildman–Crippen MR) is 64.3 cm³/mol. The third kappa shape index (κ3) is 1.28. The molecule has 5 nitrogen and oxygen atoms in total. The third-order valence-electron chi connectivity index (χ3n) is 3.83. The molecule has 0 radical (unpaired) electrons. The Morgan fingerprint density at radius 1 is 1.06 bits per heavy atom. The highest BCUT2D eigenvalue weighted by atomic mass is 15.4. The molecule has 0 bridgehead atoms. The number of hydrogen-bond donors (Lipinski definition) is 0. The van der Waals surface area contributed by atoms with Crippen LogP contribution in [0.25, 0.3) is 5.78 Å². The fraction of sp³-hybridized carbons (Fsp3) is 0.583. The van der Waals surface area contributed by atoms with Crippen LogP contribution < -0.4 is 4.90 Å². The minimum absolute atomic E-state index is 0.757. The maximum absolute atomic E-state index is 4.61. The number of aryl methyl sites for hydroxylation is 1. The molecule has 4 rings (SSSR count). The van der Waals surface area contributed by atoms with Gasteiger partial charge in [0.2, 0.25) is 0 Å². The van der Waals surface area contributed by atoms with E-state index in [1.54, 1.807) is 6.33 Å². The van der Waals surface area contributed by atoms with Gasteiger partial charge in [0, 0.05) is 18.7 Å². The second-order valence-corrected chi connectivity index (χ2v) is 4.88. The van der Waals surface area contributed by atoms with Gasteiger partial charge in [-0.1, -0.05) is 0 Å². The number of nitrogens with zero attached hydrogens (tertiary/aromatic N) is 5. The first kappa shape index (κ1) is 9.39. The van der Waals surface area contributed by atoms with Crippen LogP contribution in [-0.2, 0) is 12.8 Å². The smallest absolute Gasteiger partial charge is 0.254 e. The lowest BCUT2D eigenvalue weighted by Crippen LogP contribution is -2.23. The van der Waals surface area contributed by atoms with Gasteiger partial charge in [-0.2, -0.15) is 14.6 Å². The Kier molecular flexibility index (Phi) is 1.89. The van der Waals surface area contributed by atoms with E-state index >= 15 is 0 Å². The molecule has 0 N–H and O–H groups in total. The molecule has 3 heterocycles. The summed E-state index contributed by atoms with van der Waals surface area (Å²) in [5.74, 6) is 2.02. The van der Waals surface area contributed by atoms with E-state index in [2.05, 4.69) is 20.0 Å². The van der Waals surface area contributed by atoms with Crippen molar-refractivity contribution in [3.05, 3.63) is 17.6 Å². The molecular weight excluding hydrogens is 214 g/mol. The Morgan fingerprint density at radius 3 is 2.82 bits per heavy atom. The molecular formula is C12H15N5. The molecule has 2 aromatic rings. The zero-order valence-corrected chi connectivity index (χ0v) is 9.76. The highest BCUT2D eigenvalue weighted by Gasteiger charge is 2.25. The standard InChI is InChI=1S/C12H15N5/c1-2-7-16(6-1)11-9-4-3-5-10(9)15-12-13-8-14-17(11)12/h8H,1-7H2. The zero-order valence-electron chi connectivity index (χ0n) is 9.76. The summed E-state index contributed by atoms with van der Waals surface area (Å²) in [6.07, 6.45) is 7.64. The highest BCUT2D eigenvalue weighted by Crippen LogP contribution is 2.32. The molecule has 88 valence electrons. The zero-order chi connectivity index (χ0) is 11.2. The summed E-state index contributed by atoms with van der Waals surface area (Å²) in [4.78, 5) is 11.3. The fourth-order valence-electron chi connectivity index (χ4n) is 3.06. The Morgan fingerprint density at radius 2 is 1.94 bits per heavy atom. The average molecular weight is 229 g/mol. The summed E-state index contributed by atoms with van der Waals surface area (Å²) >= 11 is 0. The van der Waals surface area contributed by atoms with E-state index in [1.165, 1.54) is 36.3 Å². The van der Waals surface area contributed by atoms with Crippen molar-refractivity contribution in [2.75, 3.05) is 18.0 Å². The van der Waals surface area contributed by atoms with E-state index in [4.69, 9.17) is 0 Å². The summed E-state index contributed by atoms with van der Waals surface area (Å²) in [7, 11) is 0. The number of anilines is 1. The van der Waals surface area contributed by atoms with Gasteiger partial charge in [-0.05, 0) is 32.1 Å². The number of hydrogen-bond acceptors (Lipinski definition) is 4. The number of rotatable bonds is 1. The molecule has 1 aliphatic heterocycles. The summed E-state index contributed by atoms with van der Waals surface area (Å²) in [5, 5.41) is 4.34. The van der Waals surface area contributed by atoms with Gasteiger partial charge < -0.3 is 4.90 Å².